The summed E-state index contributed by atoms with van der Waals surface area (Å²) in [5, 5.41) is 8.26. The van der Waals surface area contributed by atoms with Gasteiger partial charge in [0.05, 0.1) is 20.4 Å². The zero-order chi connectivity index (χ0) is 18.8. The van der Waals surface area contributed by atoms with Crippen LogP contribution in [-0.2, 0) is 10.5 Å². The van der Waals surface area contributed by atoms with Crippen molar-refractivity contribution in [1.29, 1.82) is 0 Å². The fraction of sp³-hybridized carbons (Fsp3) is 0.167. The molecule has 0 heterocycles. The van der Waals surface area contributed by atoms with Gasteiger partial charge in [0, 0.05) is 11.3 Å². The molecule has 0 unspecified atom stereocenters. The molecule has 26 heavy (non-hydrogen) atoms. The van der Waals surface area contributed by atoms with E-state index >= 15 is 0 Å². The lowest BCUT2D eigenvalue weighted by atomic mass is 10.2. The van der Waals surface area contributed by atoms with E-state index in [-0.39, 0.29) is 0 Å². The van der Waals surface area contributed by atoms with Crippen molar-refractivity contribution >= 4 is 29.3 Å². The van der Waals surface area contributed by atoms with Crippen molar-refractivity contribution < 1.29 is 19.0 Å². The number of rotatable bonds is 6. The number of nitrogens with two attached hydrogens (primary N) is 1. The first-order chi connectivity index (χ1) is 12.6. The molecule has 0 bridgehead atoms. The normalized spacial score (nSPS) is 11.4. The maximum Gasteiger partial charge on any atom is 0.513 e. The van der Waals surface area contributed by atoms with Gasteiger partial charge < -0.3 is 19.9 Å². The monoisotopic (exact) mass is 373 g/mol. The Bertz CT molecular complexity index is 794. The number of benzene rings is 2. The molecule has 0 fully saturated rings. The second-order valence-electron chi connectivity index (χ2n) is 4.92. The summed E-state index contributed by atoms with van der Waals surface area (Å²) in [6, 6.07) is 14.7. The molecule has 0 amide bonds. The third-order valence-electron chi connectivity index (χ3n) is 3.15. The van der Waals surface area contributed by atoms with Crippen molar-refractivity contribution in [1.82, 2.24) is 0 Å². The van der Waals surface area contributed by atoms with Crippen LogP contribution in [0.25, 0.3) is 0 Å². The average Bonchev–Trinajstić information content (AvgIpc) is 2.67. The fourth-order valence-electron chi connectivity index (χ4n) is 1.92. The molecule has 0 aliphatic heterocycles. The van der Waals surface area contributed by atoms with Crippen molar-refractivity contribution in [3.8, 4) is 11.5 Å². The maximum absolute atomic E-state index is 11.2. The van der Waals surface area contributed by atoms with Gasteiger partial charge >= 0.3 is 6.16 Å². The Morgan fingerprint density at radius 1 is 1.19 bits per heavy atom. The highest BCUT2D eigenvalue weighted by Crippen LogP contribution is 2.23. The van der Waals surface area contributed by atoms with Gasteiger partial charge in [-0.25, -0.2) is 4.79 Å². The molecule has 0 aliphatic rings. The summed E-state index contributed by atoms with van der Waals surface area (Å²) in [5.74, 6) is 1.56. The van der Waals surface area contributed by atoms with E-state index in [1.807, 2.05) is 30.3 Å². The Labute approximate surface area is 155 Å². The average molecular weight is 373 g/mol. The molecule has 0 aliphatic carbocycles. The largest absolute Gasteiger partial charge is 0.513 e. The predicted molar refractivity (Wildman–Crippen MR) is 103 cm³/mol. The highest BCUT2D eigenvalue weighted by Gasteiger charge is 2.07. The molecule has 7 nitrogen and oxygen atoms in total. The van der Waals surface area contributed by atoms with E-state index in [9.17, 15) is 4.79 Å². The van der Waals surface area contributed by atoms with Gasteiger partial charge in [0.15, 0.2) is 5.17 Å². The molecule has 2 aromatic carbocycles. The third kappa shape index (κ3) is 6.14. The molecule has 0 atom stereocenters. The fourth-order valence-corrected chi connectivity index (χ4v) is 2.53. The zero-order valence-electron chi connectivity index (χ0n) is 14.4. The van der Waals surface area contributed by atoms with Crippen LogP contribution in [0.3, 0.4) is 0 Å². The summed E-state index contributed by atoms with van der Waals surface area (Å²) in [7, 11) is 2.76. The molecule has 0 saturated heterocycles. The van der Waals surface area contributed by atoms with Gasteiger partial charge in [0.2, 0.25) is 0 Å². The predicted octanol–water partition coefficient (Wildman–Crippen LogP) is 3.42. The van der Waals surface area contributed by atoms with Crippen LogP contribution in [0.4, 0.5) is 4.79 Å². The van der Waals surface area contributed by atoms with Crippen molar-refractivity contribution in [2.24, 2.45) is 15.9 Å². The van der Waals surface area contributed by atoms with Crippen LogP contribution in [-0.4, -0.2) is 31.8 Å². The smallest absolute Gasteiger partial charge is 0.496 e. The van der Waals surface area contributed by atoms with E-state index < -0.39 is 6.16 Å². The molecule has 0 aromatic heterocycles. The number of hydrogen-bond acceptors (Lipinski definition) is 7. The lowest BCUT2D eigenvalue weighted by Crippen LogP contribution is -2.07. The summed E-state index contributed by atoms with van der Waals surface area (Å²) >= 11 is 1.39. The molecule has 8 heteroatoms. The van der Waals surface area contributed by atoms with E-state index in [1.54, 1.807) is 18.2 Å². The third-order valence-corrected chi connectivity index (χ3v) is 4.01. The van der Waals surface area contributed by atoms with E-state index in [4.69, 9.17) is 15.2 Å². The Morgan fingerprint density at radius 3 is 2.65 bits per heavy atom. The molecular formula is C18H19N3O4S. The second-order valence-corrected chi connectivity index (χ2v) is 5.91. The van der Waals surface area contributed by atoms with Crippen LogP contribution in [0.15, 0.2) is 58.7 Å². The highest BCUT2D eigenvalue weighted by atomic mass is 32.2. The number of ether oxygens (including phenoxy) is 3. The second kappa shape index (κ2) is 10.1. The first-order valence-electron chi connectivity index (χ1n) is 7.59. The van der Waals surface area contributed by atoms with Crippen LogP contribution < -0.4 is 15.2 Å². The van der Waals surface area contributed by atoms with Crippen LogP contribution in [0.2, 0.25) is 0 Å². The van der Waals surface area contributed by atoms with Gasteiger partial charge in [-0.2, -0.15) is 5.10 Å². The van der Waals surface area contributed by atoms with Gasteiger partial charge in [-0.15, -0.1) is 5.10 Å². The summed E-state index contributed by atoms with van der Waals surface area (Å²) in [6.07, 6.45) is 0.663. The molecule has 136 valence electrons. The molecule has 0 radical (unpaired) electrons. The lowest BCUT2D eigenvalue weighted by Gasteiger charge is -2.07. The van der Waals surface area contributed by atoms with E-state index in [1.165, 1.54) is 32.2 Å². The molecule has 2 aromatic rings. The van der Waals surface area contributed by atoms with Crippen LogP contribution in [0.1, 0.15) is 11.1 Å². The molecule has 2 rings (SSSR count). The number of nitrogens with zero attached hydrogens (tertiary/aromatic N) is 2. The first-order valence-corrected chi connectivity index (χ1v) is 8.58. The number of hydrogen-bond donors (Lipinski definition) is 1. The van der Waals surface area contributed by atoms with Crippen LogP contribution >= 0.6 is 11.8 Å². The quantitative estimate of drug-likeness (QED) is 0.274. The Balaban J connectivity index is 2.03. The van der Waals surface area contributed by atoms with Gasteiger partial charge in [-0.05, 0) is 23.8 Å². The molecule has 0 spiro atoms. The van der Waals surface area contributed by atoms with Crippen molar-refractivity contribution in [2.45, 2.75) is 5.75 Å². The molecular weight excluding hydrogens is 354 g/mol. The summed E-state index contributed by atoms with van der Waals surface area (Å²) < 4.78 is 14.7. The SMILES string of the molecule is COC(=O)Oc1ccc(OC)c(C=NN=C(N)SCc2ccccc2)c1. The van der Waals surface area contributed by atoms with Gasteiger partial charge in [0.25, 0.3) is 0 Å². The van der Waals surface area contributed by atoms with Gasteiger partial charge in [0.1, 0.15) is 11.5 Å². The molecule has 2 N–H and O–H groups in total. The maximum atomic E-state index is 11.2. The summed E-state index contributed by atoms with van der Waals surface area (Å²) in [6.45, 7) is 0. The number of amidine groups is 1. The van der Waals surface area contributed by atoms with Crippen molar-refractivity contribution in [2.75, 3.05) is 14.2 Å². The minimum atomic E-state index is -0.808. The van der Waals surface area contributed by atoms with Crippen LogP contribution in [0, 0.1) is 0 Å². The van der Waals surface area contributed by atoms with Gasteiger partial charge in [-0.1, -0.05) is 42.1 Å². The minimum absolute atomic E-state index is 0.300. The summed E-state index contributed by atoms with van der Waals surface area (Å²) in [4.78, 5) is 11.2. The Hall–Kier alpha value is -3.00. The topological polar surface area (TPSA) is 95.5 Å². The lowest BCUT2D eigenvalue weighted by molar-refractivity contribution is 0.121. The highest BCUT2D eigenvalue weighted by molar-refractivity contribution is 8.13. The molecule has 0 saturated carbocycles. The number of carbonyl (C=O) groups is 1. The van der Waals surface area contributed by atoms with E-state index in [2.05, 4.69) is 14.9 Å². The standard InChI is InChI=1S/C18H19N3O4S/c1-23-16-9-8-15(25-18(22)24-2)10-14(16)11-20-21-17(19)26-12-13-6-4-3-5-7-13/h3-11H,12H2,1-2H3,(H2,19,21). The first kappa shape index (κ1) is 19.3. The summed E-state index contributed by atoms with van der Waals surface area (Å²) in [5.41, 5.74) is 7.58. The number of carbonyl (C=O) groups excluding carboxylic acids is 1. The van der Waals surface area contributed by atoms with Crippen molar-refractivity contribution in [3.63, 3.8) is 0 Å². The van der Waals surface area contributed by atoms with Crippen LogP contribution in [0.5, 0.6) is 11.5 Å². The van der Waals surface area contributed by atoms with Crippen molar-refractivity contribution in [3.05, 3.63) is 59.7 Å². The number of thioether (sulfide) groups is 1. The van der Waals surface area contributed by atoms with Gasteiger partial charge in [-0.3, -0.25) is 0 Å². The van der Waals surface area contributed by atoms with E-state index in [0.717, 1.165) is 5.56 Å². The Kier molecular flexibility index (Phi) is 7.50. The number of methoxy groups -OCH3 is 2. The van der Waals surface area contributed by atoms with E-state index in [0.29, 0.717) is 28.0 Å². The Morgan fingerprint density at radius 2 is 1.96 bits per heavy atom. The zero-order valence-corrected chi connectivity index (χ0v) is 15.2. The minimum Gasteiger partial charge on any atom is -0.496 e.